The fraction of sp³-hybridized carbons (Fsp3) is 0.632. The molecule has 2 aliphatic rings. The Balaban J connectivity index is 0.00000243. The van der Waals surface area contributed by atoms with Crippen molar-refractivity contribution < 1.29 is 4.79 Å². The van der Waals surface area contributed by atoms with Crippen LogP contribution in [0.5, 0.6) is 0 Å². The first-order chi connectivity index (χ1) is 12.3. The summed E-state index contributed by atoms with van der Waals surface area (Å²) in [5.74, 6) is 1.44. The molecular weight excluding hydrogens is 441 g/mol. The molecule has 0 aromatic carbocycles. The highest BCUT2D eigenvalue weighted by molar-refractivity contribution is 14.0. The summed E-state index contributed by atoms with van der Waals surface area (Å²) >= 11 is 0. The maximum Gasteiger partial charge on any atom is 0.225 e. The van der Waals surface area contributed by atoms with Crippen molar-refractivity contribution in [3.63, 3.8) is 0 Å². The van der Waals surface area contributed by atoms with E-state index in [-0.39, 0.29) is 35.9 Å². The Kier molecular flexibility index (Phi) is 8.61. The largest absolute Gasteiger partial charge is 0.356 e. The number of halogens is 1. The van der Waals surface area contributed by atoms with Crippen molar-refractivity contribution in [3.05, 3.63) is 30.1 Å². The van der Waals surface area contributed by atoms with Crippen LogP contribution >= 0.6 is 24.0 Å². The lowest BCUT2D eigenvalue weighted by atomic mass is 10.1. The van der Waals surface area contributed by atoms with E-state index < -0.39 is 0 Å². The Morgan fingerprint density at radius 2 is 2.12 bits per heavy atom. The molecule has 0 bridgehead atoms. The molecule has 1 unspecified atom stereocenters. The van der Waals surface area contributed by atoms with Crippen molar-refractivity contribution in [2.45, 2.75) is 44.6 Å². The van der Waals surface area contributed by atoms with Crippen molar-refractivity contribution in [1.29, 1.82) is 0 Å². The van der Waals surface area contributed by atoms with E-state index in [4.69, 9.17) is 0 Å². The van der Waals surface area contributed by atoms with Gasteiger partial charge in [0.15, 0.2) is 5.96 Å². The molecule has 1 aliphatic heterocycles. The van der Waals surface area contributed by atoms with Crippen molar-refractivity contribution in [1.82, 2.24) is 20.5 Å². The fourth-order valence-corrected chi connectivity index (χ4v) is 3.75. The van der Waals surface area contributed by atoms with Gasteiger partial charge in [0.25, 0.3) is 0 Å². The number of hydrogen-bond acceptors (Lipinski definition) is 3. The predicted molar refractivity (Wildman–Crippen MR) is 115 cm³/mol. The smallest absolute Gasteiger partial charge is 0.225 e. The third kappa shape index (κ3) is 5.82. The normalized spacial score (nSPS) is 20.7. The van der Waals surface area contributed by atoms with E-state index in [2.05, 4.69) is 20.6 Å². The number of rotatable bonds is 5. The zero-order valence-electron chi connectivity index (χ0n) is 15.5. The minimum absolute atomic E-state index is 0. The molecule has 2 heterocycles. The minimum Gasteiger partial charge on any atom is -0.356 e. The van der Waals surface area contributed by atoms with Crippen LogP contribution in [-0.4, -0.2) is 54.5 Å². The van der Waals surface area contributed by atoms with E-state index in [1.165, 1.54) is 12.8 Å². The van der Waals surface area contributed by atoms with E-state index in [9.17, 15) is 4.79 Å². The summed E-state index contributed by atoms with van der Waals surface area (Å²) in [4.78, 5) is 23.2. The molecule has 144 valence electrons. The molecule has 1 saturated carbocycles. The molecule has 1 saturated heterocycles. The molecule has 2 N–H and O–H groups in total. The lowest BCUT2D eigenvalue weighted by Gasteiger charge is -2.21. The molecule has 1 aromatic heterocycles. The van der Waals surface area contributed by atoms with Gasteiger partial charge in [-0.1, -0.05) is 18.9 Å². The SMILES string of the molecule is CN=C(NCCc1ccccn1)NC1CCN(C(=O)C2CCCC2)C1.I. The first-order valence-electron chi connectivity index (χ1n) is 9.42. The Labute approximate surface area is 173 Å². The Hall–Kier alpha value is -1.38. The summed E-state index contributed by atoms with van der Waals surface area (Å²) in [6.45, 7) is 2.43. The van der Waals surface area contributed by atoms with Crippen LogP contribution in [0.3, 0.4) is 0 Å². The number of guanidine groups is 1. The zero-order chi connectivity index (χ0) is 17.5. The molecule has 1 aromatic rings. The summed E-state index contributed by atoms with van der Waals surface area (Å²) in [6.07, 6.45) is 8.22. The lowest BCUT2D eigenvalue weighted by molar-refractivity contribution is -0.134. The van der Waals surface area contributed by atoms with Gasteiger partial charge in [-0.25, -0.2) is 0 Å². The van der Waals surface area contributed by atoms with Gasteiger partial charge in [-0.05, 0) is 31.4 Å². The van der Waals surface area contributed by atoms with Crippen molar-refractivity contribution >= 4 is 35.8 Å². The molecule has 26 heavy (non-hydrogen) atoms. The monoisotopic (exact) mass is 471 g/mol. The number of hydrogen-bond donors (Lipinski definition) is 2. The van der Waals surface area contributed by atoms with Gasteiger partial charge >= 0.3 is 0 Å². The maximum atomic E-state index is 12.5. The minimum atomic E-state index is 0. The van der Waals surface area contributed by atoms with Crippen molar-refractivity contribution in [2.75, 3.05) is 26.7 Å². The second kappa shape index (κ2) is 10.7. The fourth-order valence-electron chi connectivity index (χ4n) is 3.75. The Bertz CT molecular complexity index is 589. The van der Waals surface area contributed by atoms with Gasteiger partial charge in [0.2, 0.25) is 5.91 Å². The van der Waals surface area contributed by atoms with E-state index >= 15 is 0 Å². The van der Waals surface area contributed by atoms with Crippen molar-refractivity contribution in [3.8, 4) is 0 Å². The molecule has 1 amide bonds. The number of carbonyl (C=O) groups excluding carboxylic acids is 1. The Morgan fingerprint density at radius 3 is 2.81 bits per heavy atom. The third-order valence-electron chi connectivity index (χ3n) is 5.17. The highest BCUT2D eigenvalue weighted by Gasteiger charge is 2.32. The summed E-state index contributed by atoms with van der Waals surface area (Å²) < 4.78 is 0. The summed E-state index contributed by atoms with van der Waals surface area (Å²) in [5, 5.41) is 6.79. The molecule has 2 fully saturated rings. The van der Waals surface area contributed by atoms with E-state index in [1.807, 2.05) is 29.3 Å². The summed E-state index contributed by atoms with van der Waals surface area (Å²) in [7, 11) is 1.78. The Morgan fingerprint density at radius 1 is 1.31 bits per heavy atom. The lowest BCUT2D eigenvalue weighted by Crippen LogP contribution is -2.45. The second-order valence-corrected chi connectivity index (χ2v) is 6.97. The van der Waals surface area contributed by atoms with Crippen LogP contribution in [0.2, 0.25) is 0 Å². The standard InChI is InChI=1S/C19H29N5O.HI/c1-20-19(22-12-9-16-8-4-5-11-21-16)23-17-10-13-24(14-17)18(25)15-6-2-3-7-15;/h4-5,8,11,15,17H,2-3,6-7,9-10,12-14H2,1H3,(H2,20,22,23);1H. The highest BCUT2D eigenvalue weighted by atomic mass is 127. The number of likely N-dealkylation sites (tertiary alicyclic amines) is 1. The van der Waals surface area contributed by atoms with E-state index in [0.29, 0.717) is 5.91 Å². The number of nitrogens with one attached hydrogen (secondary N) is 2. The molecule has 0 radical (unpaired) electrons. The summed E-state index contributed by atoms with van der Waals surface area (Å²) in [6, 6.07) is 6.24. The van der Waals surface area contributed by atoms with Crippen LogP contribution in [0.4, 0.5) is 0 Å². The molecular formula is C19H30IN5O. The quantitative estimate of drug-likeness (QED) is 0.393. The molecule has 0 spiro atoms. The number of pyridine rings is 1. The van der Waals surface area contributed by atoms with Gasteiger partial charge in [-0.2, -0.15) is 0 Å². The van der Waals surface area contributed by atoms with E-state index in [0.717, 1.165) is 57.0 Å². The number of aliphatic imine (C=N–C) groups is 1. The van der Waals surface area contributed by atoms with E-state index in [1.54, 1.807) is 7.05 Å². The first kappa shape index (κ1) is 20.9. The predicted octanol–water partition coefficient (Wildman–Crippen LogP) is 2.20. The van der Waals surface area contributed by atoms with Gasteiger partial charge in [0, 0.05) is 57.0 Å². The van der Waals surface area contributed by atoms with Crippen LogP contribution in [-0.2, 0) is 11.2 Å². The number of aromatic nitrogens is 1. The van der Waals surface area contributed by atoms with Crippen LogP contribution in [0.15, 0.2) is 29.4 Å². The topological polar surface area (TPSA) is 69.6 Å². The molecule has 1 aliphatic carbocycles. The van der Waals surface area contributed by atoms with Crippen LogP contribution < -0.4 is 10.6 Å². The average Bonchev–Trinajstić information content (AvgIpc) is 3.33. The number of nitrogens with zero attached hydrogens (tertiary/aromatic N) is 3. The third-order valence-corrected chi connectivity index (χ3v) is 5.17. The summed E-state index contributed by atoms with van der Waals surface area (Å²) in [5.41, 5.74) is 1.07. The van der Waals surface area contributed by atoms with Gasteiger partial charge < -0.3 is 15.5 Å². The van der Waals surface area contributed by atoms with Crippen LogP contribution in [0.25, 0.3) is 0 Å². The zero-order valence-corrected chi connectivity index (χ0v) is 17.8. The number of carbonyl (C=O) groups is 1. The molecule has 6 nitrogen and oxygen atoms in total. The van der Waals surface area contributed by atoms with Gasteiger partial charge in [0.05, 0.1) is 0 Å². The highest BCUT2D eigenvalue weighted by Crippen LogP contribution is 2.27. The first-order valence-corrected chi connectivity index (χ1v) is 9.42. The molecule has 7 heteroatoms. The molecule has 1 atom stereocenters. The van der Waals surface area contributed by atoms with Gasteiger partial charge in [-0.3, -0.25) is 14.8 Å². The molecule has 3 rings (SSSR count). The van der Waals surface area contributed by atoms with Gasteiger partial charge in [0.1, 0.15) is 0 Å². The van der Waals surface area contributed by atoms with Crippen molar-refractivity contribution in [2.24, 2.45) is 10.9 Å². The van der Waals surface area contributed by atoms with Crippen LogP contribution in [0.1, 0.15) is 37.8 Å². The average molecular weight is 471 g/mol. The maximum absolute atomic E-state index is 12.5. The second-order valence-electron chi connectivity index (χ2n) is 6.97. The van der Waals surface area contributed by atoms with Gasteiger partial charge in [-0.15, -0.1) is 24.0 Å². The van der Waals surface area contributed by atoms with Crippen LogP contribution in [0, 0.1) is 5.92 Å². The number of amides is 1.